The maximum atomic E-state index is 11.2. The second-order valence-electron chi connectivity index (χ2n) is 3.99. The van der Waals surface area contributed by atoms with Crippen molar-refractivity contribution in [1.82, 2.24) is 0 Å². The van der Waals surface area contributed by atoms with Crippen molar-refractivity contribution < 1.29 is 4.79 Å². The Morgan fingerprint density at radius 3 is 2.40 bits per heavy atom. The van der Waals surface area contributed by atoms with E-state index in [4.69, 9.17) is 0 Å². The molecule has 2 saturated carbocycles. The number of carbonyl (C=O) groups excluding carboxylic acids is 1. The van der Waals surface area contributed by atoms with E-state index < -0.39 is 0 Å². The van der Waals surface area contributed by atoms with E-state index in [-0.39, 0.29) is 0 Å². The third kappa shape index (κ3) is 0.609. The van der Waals surface area contributed by atoms with Gasteiger partial charge >= 0.3 is 0 Å². The van der Waals surface area contributed by atoms with E-state index in [0.717, 1.165) is 18.3 Å². The predicted molar refractivity (Wildman–Crippen MR) is 39.5 cm³/mol. The number of hydrogen-bond acceptors (Lipinski definition) is 1. The average Bonchev–Trinajstić information content (AvgIpc) is 2.36. The lowest BCUT2D eigenvalue weighted by atomic mass is 9.81. The fourth-order valence-electron chi connectivity index (χ4n) is 2.65. The molecule has 10 heavy (non-hydrogen) atoms. The molecule has 0 aromatic rings. The Kier molecular flexibility index (Phi) is 1.17. The van der Waals surface area contributed by atoms with Gasteiger partial charge in [0.1, 0.15) is 5.78 Å². The topological polar surface area (TPSA) is 17.1 Å². The van der Waals surface area contributed by atoms with Crippen LogP contribution in [0.25, 0.3) is 0 Å². The van der Waals surface area contributed by atoms with Crippen molar-refractivity contribution in [2.24, 2.45) is 23.7 Å². The molecule has 0 amide bonds. The average molecular weight is 138 g/mol. The van der Waals surface area contributed by atoms with Crippen LogP contribution in [-0.4, -0.2) is 5.78 Å². The van der Waals surface area contributed by atoms with Crippen LogP contribution in [0.2, 0.25) is 0 Å². The molecule has 0 heterocycles. The highest BCUT2D eigenvalue weighted by Gasteiger charge is 2.47. The predicted octanol–water partition coefficient (Wildman–Crippen LogP) is 1.87. The van der Waals surface area contributed by atoms with E-state index in [1.807, 2.05) is 0 Å². The lowest BCUT2D eigenvalue weighted by Crippen LogP contribution is -2.23. The van der Waals surface area contributed by atoms with E-state index in [0.29, 0.717) is 17.6 Å². The number of fused-ring (bicyclic) bond motifs is 2. The lowest BCUT2D eigenvalue weighted by molar-refractivity contribution is -0.123. The Hall–Kier alpha value is -0.330. The normalized spacial score (nSPS) is 52.4. The Balaban J connectivity index is 2.24. The maximum Gasteiger partial charge on any atom is 0.136 e. The molecule has 56 valence electrons. The van der Waals surface area contributed by atoms with Crippen molar-refractivity contribution in [2.75, 3.05) is 0 Å². The summed E-state index contributed by atoms with van der Waals surface area (Å²) < 4.78 is 0. The van der Waals surface area contributed by atoms with Crippen LogP contribution < -0.4 is 0 Å². The quantitative estimate of drug-likeness (QED) is 0.499. The van der Waals surface area contributed by atoms with Gasteiger partial charge in [0.25, 0.3) is 0 Å². The number of hydrogen-bond donors (Lipinski definition) is 0. The Bertz CT molecular complexity index is 172. The smallest absolute Gasteiger partial charge is 0.136 e. The maximum absolute atomic E-state index is 11.2. The second kappa shape index (κ2) is 1.84. The Labute approximate surface area is 61.8 Å². The summed E-state index contributed by atoms with van der Waals surface area (Å²) in [6, 6.07) is 0. The van der Waals surface area contributed by atoms with Crippen molar-refractivity contribution in [3.05, 3.63) is 0 Å². The lowest BCUT2D eigenvalue weighted by Gasteiger charge is -2.23. The van der Waals surface area contributed by atoms with Gasteiger partial charge in [-0.25, -0.2) is 0 Å². The van der Waals surface area contributed by atoms with Crippen LogP contribution >= 0.6 is 0 Å². The SMILES string of the molecule is C[C@H]1[C@@H]2CC(=O)[C@@H](C2)[C@H]1C. The largest absolute Gasteiger partial charge is 0.299 e. The molecule has 0 aromatic heterocycles. The molecule has 0 aliphatic heterocycles. The van der Waals surface area contributed by atoms with Crippen LogP contribution in [0.4, 0.5) is 0 Å². The number of ketones is 1. The van der Waals surface area contributed by atoms with Gasteiger partial charge in [-0.2, -0.15) is 0 Å². The monoisotopic (exact) mass is 138 g/mol. The molecular formula is C9H14O. The number of rotatable bonds is 0. The molecule has 0 radical (unpaired) electrons. The van der Waals surface area contributed by atoms with E-state index in [9.17, 15) is 4.79 Å². The minimum atomic E-state index is 0.444. The first-order valence-corrected chi connectivity index (χ1v) is 4.23. The molecule has 0 unspecified atom stereocenters. The van der Waals surface area contributed by atoms with Gasteiger partial charge < -0.3 is 0 Å². The highest BCUT2D eigenvalue weighted by atomic mass is 16.1. The summed E-state index contributed by atoms with van der Waals surface area (Å²) in [5.41, 5.74) is 0. The molecule has 0 aromatic carbocycles. The first kappa shape index (κ1) is 6.38. The first-order valence-electron chi connectivity index (χ1n) is 4.23. The van der Waals surface area contributed by atoms with Crippen LogP contribution in [0.3, 0.4) is 0 Å². The summed E-state index contributed by atoms with van der Waals surface area (Å²) in [4.78, 5) is 11.2. The third-order valence-corrected chi connectivity index (χ3v) is 3.64. The van der Waals surface area contributed by atoms with Gasteiger partial charge in [-0.1, -0.05) is 13.8 Å². The molecule has 2 rings (SSSR count). The third-order valence-electron chi connectivity index (χ3n) is 3.64. The molecule has 1 heteroatoms. The Morgan fingerprint density at radius 2 is 2.00 bits per heavy atom. The summed E-state index contributed by atoms with van der Waals surface area (Å²) in [5.74, 6) is 3.21. The number of carbonyl (C=O) groups is 1. The second-order valence-corrected chi connectivity index (χ2v) is 3.99. The molecule has 0 N–H and O–H groups in total. The molecule has 1 nitrogen and oxygen atoms in total. The highest BCUT2D eigenvalue weighted by Crippen LogP contribution is 2.49. The standard InChI is InChI=1S/C9H14O/c1-5-6(2)8-3-7(5)4-9(8)10/h5-8H,3-4H2,1-2H3/t5-,6+,7+,8+/m1/s1. The minimum Gasteiger partial charge on any atom is -0.299 e. The molecule has 0 saturated heterocycles. The van der Waals surface area contributed by atoms with Crippen LogP contribution in [0.1, 0.15) is 26.7 Å². The summed E-state index contributed by atoms with van der Waals surface area (Å²) in [7, 11) is 0. The fourth-order valence-corrected chi connectivity index (χ4v) is 2.65. The van der Waals surface area contributed by atoms with Crippen molar-refractivity contribution in [2.45, 2.75) is 26.7 Å². The summed E-state index contributed by atoms with van der Waals surface area (Å²) >= 11 is 0. The van der Waals surface area contributed by atoms with E-state index in [2.05, 4.69) is 13.8 Å². The van der Waals surface area contributed by atoms with Gasteiger partial charge in [-0.15, -0.1) is 0 Å². The first-order chi connectivity index (χ1) is 4.70. The van der Waals surface area contributed by atoms with E-state index in [1.54, 1.807) is 0 Å². The molecule has 2 fully saturated rings. The summed E-state index contributed by atoms with van der Waals surface area (Å²) in [6.45, 7) is 4.52. The summed E-state index contributed by atoms with van der Waals surface area (Å²) in [5, 5.41) is 0. The minimum absolute atomic E-state index is 0.444. The van der Waals surface area contributed by atoms with Gasteiger partial charge in [0.2, 0.25) is 0 Å². The summed E-state index contributed by atoms with van der Waals surface area (Å²) in [6.07, 6.45) is 2.08. The van der Waals surface area contributed by atoms with Gasteiger partial charge in [-0.05, 0) is 24.2 Å². The van der Waals surface area contributed by atoms with Gasteiger partial charge in [-0.3, -0.25) is 4.79 Å². The molecule has 2 aliphatic carbocycles. The van der Waals surface area contributed by atoms with Crippen LogP contribution in [0.5, 0.6) is 0 Å². The van der Waals surface area contributed by atoms with Crippen LogP contribution in [-0.2, 0) is 4.79 Å². The molecule has 2 aliphatic rings. The van der Waals surface area contributed by atoms with Crippen LogP contribution in [0.15, 0.2) is 0 Å². The molecule has 2 bridgehead atoms. The highest BCUT2D eigenvalue weighted by molar-refractivity contribution is 5.84. The van der Waals surface area contributed by atoms with Crippen molar-refractivity contribution >= 4 is 5.78 Å². The zero-order valence-electron chi connectivity index (χ0n) is 6.63. The fraction of sp³-hybridized carbons (Fsp3) is 0.889. The van der Waals surface area contributed by atoms with E-state index in [1.165, 1.54) is 6.42 Å². The van der Waals surface area contributed by atoms with Gasteiger partial charge in [0.15, 0.2) is 0 Å². The molecule has 0 spiro atoms. The van der Waals surface area contributed by atoms with Crippen molar-refractivity contribution in [3.63, 3.8) is 0 Å². The van der Waals surface area contributed by atoms with Crippen molar-refractivity contribution in [1.29, 1.82) is 0 Å². The molecule has 4 atom stereocenters. The van der Waals surface area contributed by atoms with Gasteiger partial charge in [0.05, 0.1) is 0 Å². The van der Waals surface area contributed by atoms with Crippen LogP contribution in [0, 0.1) is 23.7 Å². The van der Waals surface area contributed by atoms with Gasteiger partial charge in [0, 0.05) is 12.3 Å². The zero-order chi connectivity index (χ0) is 7.30. The molecular weight excluding hydrogens is 124 g/mol. The Morgan fingerprint density at radius 1 is 1.30 bits per heavy atom. The van der Waals surface area contributed by atoms with Crippen molar-refractivity contribution in [3.8, 4) is 0 Å². The number of Topliss-reactive ketones (excluding diaryl/α,β-unsaturated/α-hetero) is 1. The zero-order valence-corrected chi connectivity index (χ0v) is 6.63. The van der Waals surface area contributed by atoms with E-state index >= 15 is 0 Å².